The Bertz CT molecular complexity index is 192. The number of likely N-dealkylation sites (tertiary alicyclic amines) is 1. The van der Waals surface area contributed by atoms with Gasteiger partial charge in [0.15, 0.2) is 0 Å². The summed E-state index contributed by atoms with van der Waals surface area (Å²) in [6, 6.07) is 0. The van der Waals surface area contributed by atoms with Gasteiger partial charge in [0.1, 0.15) is 0 Å². The van der Waals surface area contributed by atoms with Crippen LogP contribution in [0.15, 0.2) is 25.3 Å². The van der Waals surface area contributed by atoms with Gasteiger partial charge in [-0.3, -0.25) is 0 Å². The second kappa shape index (κ2) is 6.84. The van der Waals surface area contributed by atoms with Gasteiger partial charge in [-0.25, -0.2) is 0 Å². The monoisotopic (exact) mass is 207 g/mol. The highest BCUT2D eigenvalue weighted by Gasteiger charge is 2.29. The van der Waals surface area contributed by atoms with Crippen LogP contribution in [-0.4, -0.2) is 25.0 Å². The van der Waals surface area contributed by atoms with Gasteiger partial charge in [-0.15, -0.1) is 0 Å². The maximum absolute atomic E-state index is 3.36. The zero-order valence-electron chi connectivity index (χ0n) is 10.1. The summed E-state index contributed by atoms with van der Waals surface area (Å²) in [7, 11) is 2.27. The number of nitrogens with zero attached hydrogens (tertiary/aromatic N) is 1. The van der Waals surface area contributed by atoms with Crippen LogP contribution >= 0.6 is 0 Å². The van der Waals surface area contributed by atoms with Crippen molar-refractivity contribution in [1.29, 1.82) is 0 Å². The average Bonchev–Trinajstić information content (AvgIpc) is 2.29. The van der Waals surface area contributed by atoms with Gasteiger partial charge >= 0.3 is 0 Å². The lowest BCUT2D eigenvalue weighted by atomic mass is 9.75. The molecule has 0 bridgehead atoms. The molecule has 86 valence electrons. The highest BCUT2D eigenvalue weighted by molar-refractivity contribution is 4.88. The first-order valence-corrected chi connectivity index (χ1v) is 6.20. The SMILES string of the molecule is C=CC=C.CN1CCC2CCCCC2C1. The lowest BCUT2D eigenvalue weighted by molar-refractivity contribution is 0.105. The van der Waals surface area contributed by atoms with E-state index in [4.69, 9.17) is 0 Å². The van der Waals surface area contributed by atoms with E-state index in [-0.39, 0.29) is 0 Å². The number of hydrogen-bond acceptors (Lipinski definition) is 1. The van der Waals surface area contributed by atoms with E-state index in [0.717, 1.165) is 11.8 Å². The molecule has 0 radical (unpaired) electrons. The number of piperidine rings is 1. The van der Waals surface area contributed by atoms with Crippen molar-refractivity contribution in [2.24, 2.45) is 11.8 Å². The van der Waals surface area contributed by atoms with Gasteiger partial charge in [0.2, 0.25) is 0 Å². The van der Waals surface area contributed by atoms with Crippen LogP contribution in [0, 0.1) is 11.8 Å². The van der Waals surface area contributed by atoms with Crippen LogP contribution in [0.3, 0.4) is 0 Å². The maximum atomic E-state index is 3.36. The molecule has 0 N–H and O–H groups in total. The van der Waals surface area contributed by atoms with E-state index in [2.05, 4.69) is 25.1 Å². The molecule has 1 heterocycles. The fourth-order valence-electron chi connectivity index (χ4n) is 2.78. The van der Waals surface area contributed by atoms with E-state index in [9.17, 15) is 0 Å². The Labute approximate surface area is 94.9 Å². The van der Waals surface area contributed by atoms with Crippen LogP contribution in [-0.2, 0) is 0 Å². The van der Waals surface area contributed by atoms with Crippen molar-refractivity contribution < 1.29 is 0 Å². The fourth-order valence-corrected chi connectivity index (χ4v) is 2.78. The highest BCUT2D eigenvalue weighted by atomic mass is 15.1. The molecule has 2 unspecified atom stereocenters. The Hall–Kier alpha value is -0.560. The Morgan fingerprint density at radius 2 is 1.60 bits per heavy atom. The van der Waals surface area contributed by atoms with Crippen LogP contribution in [0.5, 0.6) is 0 Å². The molecule has 0 aromatic carbocycles. The van der Waals surface area contributed by atoms with Crippen LogP contribution in [0.4, 0.5) is 0 Å². The minimum absolute atomic E-state index is 1.06. The van der Waals surface area contributed by atoms with E-state index in [0.29, 0.717) is 0 Å². The van der Waals surface area contributed by atoms with Gasteiger partial charge in [0.25, 0.3) is 0 Å². The van der Waals surface area contributed by atoms with Crippen LogP contribution in [0.2, 0.25) is 0 Å². The number of rotatable bonds is 1. The van der Waals surface area contributed by atoms with Gasteiger partial charge in [-0.05, 0) is 38.3 Å². The third kappa shape index (κ3) is 4.21. The summed E-state index contributed by atoms with van der Waals surface area (Å²) in [6.45, 7) is 9.45. The summed E-state index contributed by atoms with van der Waals surface area (Å²) >= 11 is 0. The van der Waals surface area contributed by atoms with Crippen molar-refractivity contribution in [1.82, 2.24) is 4.90 Å². The normalized spacial score (nSPS) is 30.7. The van der Waals surface area contributed by atoms with E-state index in [1.165, 1.54) is 45.2 Å². The minimum Gasteiger partial charge on any atom is -0.306 e. The molecule has 1 heteroatoms. The van der Waals surface area contributed by atoms with E-state index in [1.807, 2.05) is 0 Å². The Kier molecular flexibility index (Phi) is 5.70. The molecule has 2 rings (SSSR count). The van der Waals surface area contributed by atoms with E-state index >= 15 is 0 Å². The zero-order chi connectivity index (χ0) is 11.1. The van der Waals surface area contributed by atoms with E-state index < -0.39 is 0 Å². The Morgan fingerprint density at radius 1 is 1.00 bits per heavy atom. The number of hydrogen-bond donors (Lipinski definition) is 0. The predicted octanol–water partition coefficient (Wildman–Crippen LogP) is 3.49. The third-order valence-electron chi connectivity index (χ3n) is 3.66. The maximum Gasteiger partial charge on any atom is 0.000926 e. The lowest BCUT2D eigenvalue weighted by Crippen LogP contribution is -2.39. The summed E-state index contributed by atoms with van der Waals surface area (Å²) in [6.07, 6.45) is 10.8. The second-order valence-corrected chi connectivity index (χ2v) is 4.83. The largest absolute Gasteiger partial charge is 0.306 e. The average molecular weight is 207 g/mol. The quantitative estimate of drug-likeness (QED) is 0.595. The predicted molar refractivity (Wildman–Crippen MR) is 68.0 cm³/mol. The summed E-state index contributed by atoms with van der Waals surface area (Å²) < 4.78 is 0. The smallest absolute Gasteiger partial charge is 0.000926 e. The molecular weight excluding hydrogens is 182 g/mol. The second-order valence-electron chi connectivity index (χ2n) is 4.83. The van der Waals surface area contributed by atoms with Gasteiger partial charge in [-0.2, -0.15) is 0 Å². The third-order valence-corrected chi connectivity index (χ3v) is 3.66. The minimum atomic E-state index is 1.06. The molecule has 0 spiro atoms. The molecule has 1 saturated heterocycles. The molecule has 0 amide bonds. The highest BCUT2D eigenvalue weighted by Crippen LogP contribution is 2.35. The number of allylic oxidation sites excluding steroid dienone is 2. The van der Waals surface area contributed by atoms with Crippen molar-refractivity contribution in [3.63, 3.8) is 0 Å². The van der Waals surface area contributed by atoms with Gasteiger partial charge in [0.05, 0.1) is 0 Å². The fraction of sp³-hybridized carbons (Fsp3) is 0.714. The Morgan fingerprint density at radius 3 is 2.20 bits per heavy atom. The van der Waals surface area contributed by atoms with Crippen LogP contribution < -0.4 is 0 Å². The summed E-state index contributed by atoms with van der Waals surface area (Å²) in [5.74, 6) is 2.16. The molecule has 1 nitrogen and oxygen atoms in total. The molecule has 2 fully saturated rings. The van der Waals surface area contributed by atoms with E-state index in [1.54, 1.807) is 12.2 Å². The standard InChI is InChI=1S/C10H19N.C4H6/c1-11-7-6-9-4-2-3-5-10(9)8-11;1-3-4-2/h9-10H,2-8H2,1H3;3-4H,1-2H2. The van der Waals surface area contributed by atoms with Crippen molar-refractivity contribution in [2.75, 3.05) is 20.1 Å². The van der Waals surface area contributed by atoms with Crippen molar-refractivity contribution in [3.05, 3.63) is 25.3 Å². The molecule has 2 atom stereocenters. The molecule has 1 saturated carbocycles. The molecule has 1 aliphatic carbocycles. The molecule has 15 heavy (non-hydrogen) atoms. The molecule has 0 aromatic heterocycles. The first kappa shape index (κ1) is 12.5. The molecular formula is C14H25N. The first-order chi connectivity index (χ1) is 7.27. The number of fused-ring (bicyclic) bond motifs is 1. The lowest BCUT2D eigenvalue weighted by Gasteiger charge is -2.39. The van der Waals surface area contributed by atoms with Gasteiger partial charge < -0.3 is 4.90 Å². The van der Waals surface area contributed by atoms with Crippen LogP contribution in [0.25, 0.3) is 0 Å². The molecule has 1 aliphatic heterocycles. The Balaban J connectivity index is 0.000000245. The molecule has 0 aromatic rings. The van der Waals surface area contributed by atoms with Crippen molar-refractivity contribution >= 4 is 0 Å². The van der Waals surface area contributed by atoms with Crippen LogP contribution in [0.1, 0.15) is 32.1 Å². The first-order valence-electron chi connectivity index (χ1n) is 6.20. The zero-order valence-corrected chi connectivity index (χ0v) is 10.1. The summed E-state index contributed by atoms with van der Waals surface area (Å²) in [5, 5.41) is 0. The van der Waals surface area contributed by atoms with Gasteiger partial charge in [0, 0.05) is 6.54 Å². The molecule has 2 aliphatic rings. The van der Waals surface area contributed by atoms with Crippen molar-refractivity contribution in [2.45, 2.75) is 32.1 Å². The summed E-state index contributed by atoms with van der Waals surface area (Å²) in [5.41, 5.74) is 0. The summed E-state index contributed by atoms with van der Waals surface area (Å²) in [4.78, 5) is 2.51. The van der Waals surface area contributed by atoms with Crippen molar-refractivity contribution in [3.8, 4) is 0 Å². The van der Waals surface area contributed by atoms with Gasteiger partial charge in [-0.1, -0.05) is 44.6 Å². The topological polar surface area (TPSA) is 3.24 Å².